The van der Waals surface area contributed by atoms with Gasteiger partial charge in [0.05, 0.1) is 6.04 Å². The Morgan fingerprint density at radius 1 is 1.26 bits per heavy atom. The molecule has 2 aromatic carbocycles. The van der Waals surface area contributed by atoms with E-state index in [0.717, 1.165) is 33.1 Å². The minimum Gasteiger partial charge on any atom is -0.449 e. The molecule has 118 valence electrons. The van der Waals surface area contributed by atoms with Gasteiger partial charge < -0.3 is 10.1 Å². The van der Waals surface area contributed by atoms with Gasteiger partial charge in [-0.15, -0.1) is 0 Å². The minimum absolute atomic E-state index is 0.0794. The number of carbonyl (C=O) groups is 1. The number of halogens is 1. The van der Waals surface area contributed by atoms with Crippen molar-refractivity contribution in [3.05, 3.63) is 63.6 Å². The van der Waals surface area contributed by atoms with Crippen LogP contribution in [0.15, 0.2) is 51.9 Å². The predicted molar refractivity (Wildman–Crippen MR) is 94.7 cm³/mol. The van der Waals surface area contributed by atoms with Crippen LogP contribution in [0, 0.1) is 6.92 Å². The number of rotatable bonds is 3. The molecule has 0 amide bonds. The third-order valence-corrected chi connectivity index (χ3v) is 4.40. The van der Waals surface area contributed by atoms with Crippen LogP contribution in [0.3, 0.4) is 0 Å². The molecule has 0 fully saturated rings. The first-order chi connectivity index (χ1) is 11.1. The summed E-state index contributed by atoms with van der Waals surface area (Å²) in [6, 6.07) is 14.1. The Kier molecular flexibility index (Phi) is 4.48. The lowest BCUT2D eigenvalue weighted by molar-refractivity contribution is -0.114. The van der Waals surface area contributed by atoms with Crippen molar-refractivity contribution in [1.29, 1.82) is 0 Å². The number of anilines is 1. The van der Waals surface area contributed by atoms with Gasteiger partial charge in [0.25, 0.3) is 6.02 Å². The van der Waals surface area contributed by atoms with Crippen molar-refractivity contribution in [3.63, 3.8) is 0 Å². The van der Waals surface area contributed by atoms with E-state index in [4.69, 9.17) is 4.74 Å². The van der Waals surface area contributed by atoms with Crippen LogP contribution < -0.4 is 5.32 Å². The van der Waals surface area contributed by atoms with Crippen molar-refractivity contribution in [2.75, 3.05) is 5.32 Å². The van der Waals surface area contributed by atoms with Crippen molar-refractivity contribution in [2.45, 2.75) is 26.0 Å². The molecule has 23 heavy (non-hydrogen) atoms. The summed E-state index contributed by atoms with van der Waals surface area (Å²) in [6.45, 7) is 3.95. The fourth-order valence-electron chi connectivity index (χ4n) is 2.64. The molecular weight excluding hydrogens is 356 g/mol. The number of aryl methyl sites for hydroxylation is 1. The third kappa shape index (κ3) is 3.29. The zero-order valence-electron chi connectivity index (χ0n) is 12.9. The first kappa shape index (κ1) is 15.7. The van der Waals surface area contributed by atoms with Crippen LogP contribution >= 0.6 is 15.9 Å². The molecular formula is C18H17BrN2O2. The van der Waals surface area contributed by atoms with Gasteiger partial charge in [0.15, 0.2) is 12.4 Å². The summed E-state index contributed by atoms with van der Waals surface area (Å²) in [6.07, 6.45) is 0.190. The van der Waals surface area contributed by atoms with Gasteiger partial charge in [-0.2, -0.15) is 0 Å². The summed E-state index contributed by atoms with van der Waals surface area (Å²) < 4.78 is 6.75. The van der Waals surface area contributed by atoms with E-state index in [1.165, 1.54) is 0 Å². The second kappa shape index (κ2) is 6.54. The maximum Gasteiger partial charge on any atom is 0.290 e. The summed E-state index contributed by atoms with van der Waals surface area (Å²) in [7, 11) is 0. The third-order valence-electron chi connectivity index (χ3n) is 3.88. The fraction of sp³-hybridized carbons (Fsp3) is 0.222. The molecule has 0 spiro atoms. The highest BCUT2D eigenvalue weighted by molar-refractivity contribution is 9.10. The number of hydrogen-bond acceptors (Lipinski definition) is 3. The van der Waals surface area contributed by atoms with Crippen LogP contribution in [0.25, 0.3) is 0 Å². The Hall–Kier alpha value is -2.14. The molecule has 2 aromatic rings. The zero-order chi connectivity index (χ0) is 16.4. The lowest BCUT2D eigenvalue weighted by Gasteiger charge is -2.27. The molecule has 1 N–H and O–H groups in total. The van der Waals surface area contributed by atoms with Crippen LogP contribution in [-0.4, -0.2) is 12.3 Å². The number of amidine groups is 1. The van der Waals surface area contributed by atoms with Crippen molar-refractivity contribution < 1.29 is 9.53 Å². The first-order valence-electron chi connectivity index (χ1n) is 7.40. The number of nitrogens with one attached hydrogen (secondary N) is 1. The summed E-state index contributed by atoms with van der Waals surface area (Å²) in [5.74, 6) is 0. The van der Waals surface area contributed by atoms with Crippen LogP contribution in [0.4, 0.5) is 5.69 Å². The first-order valence-corrected chi connectivity index (χ1v) is 8.19. The van der Waals surface area contributed by atoms with E-state index >= 15 is 0 Å². The van der Waals surface area contributed by atoms with Crippen molar-refractivity contribution >= 4 is 33.9 Å². The summed E-state index contributed by atoms with van der Waals surface area (Å²) >= 11 is 3.42. The van der Waals surface area contributed by atoms with Crippen molar-refractivity contribution in [2.24, 2.45) is 4.99 Å². The fourth-order valence-corrected chi connectivity index (χ4v) is 2.91. The molecule has 4 nitrogen and oxygen atoms in total. The Labute approximate surface area is 143 Å². The number of benzene rings is 2. The van der Waals surface area contributed by atoms with E-state index in [2.05, 4.69) is 26.2 Å². The van der Waals surface area contributed by atoms with Gasteiger partial charge in [-0.3, -0.25) is 4.79 Å². The standard InChI is InChI=1S/C18H17BrN2O2/c1-11-4-3-5-15-17(11)16(10-22)23-18(21-15)20-12(2)13-6-8-14(19)9-7-13/h3-10,12,16H,1-2H3,(H,20,21)/t12-,16?/m1/s1. The molecule has 0 radical (unpaired) electrons. The summed E-state index contributed by atoms with van der Waals surface area (Å²) in [4.78, 5) is 16.0. The second-order valence-electron chi connectivity index (χ2n) is 5.50. The number of aliphatic imine (C=N–C) groups is 1. The number of ether oxygens (including phenoxy) is 1. The zero-order valence-corrected chi connectivity index (χ0v) is 14.5. The predicted octanol–water partition coefficient (Wildman–Crippen LogP) is 4.56. The van der Waals surface area contributed by atoms with Crippen LogP contribution in [0.5, 0.6) is 0 Å². The molecule has 0 saturated carbocycles. The number of hydrogen-bond donors (Lipinski definition) is 1. The molecule has 0 aliphatic carbocycles. The molecule has 5 heteroatoms. The van der Waals surface area contributed by atoms with Gasteiger partial charge in [0.1, 0.15) is 0 Å². The van der Waals surface area contributed by atoms with Gasteiger partial charge in [0.2, 0.25) is 0 Å². The quantitative estimate of drug-likeness (QED) is 0.803. The van der Waals surface area contributed by atoms with E-state index < -0.39 is 6.10 Å². The summed E-state index contributed by atoms with van der Waals surface area (Å²) in [5.41, 5.74) is 3.84. The van der Waals surface area contributed by atoms with E-state index in [9.17, 15) is 4.79 Å². The van der Waals surface area contributed by atoms with E-state index in [1.54, 1.807) is 0 Å². The Morgan fingerprint density at radius 3 is 2.70 bits per heavy atom. The largest absolute Gasteiger partial charge is 0.449 e. The highest BCUT2D eigenvalue weighted by Gasteiger charge is 2.26. The Morgan fingerprint density at radius 2 is 2.00 bits per heavy atom. The molecule has 2 atom stereocenters. The van der Waals surface area contributed by atoms with Crippen molar-refractivity contribution in [3.8, 4) is 0 Å². The van der Waals surface area contributed by atoms with Gasteiger partial charge in [-0.05, 0) is 43.2 Å². The second-order valence-corrected chi connectivity index (χ2v) is 6.41. The van der Waals surface area contributed by atoms with Crippen LogP contribution in [-0.2, 0) is 9.53 Å². The lowest BCUT2D eigenvalue weighted by Crippen LogP contribution is -2.28. The number of nitrogens with zero attached hydrogens (tertiary/aromatic N) is 1. The topological polar surface area (TPSA) is 50.7 Å². The average Bonchev–Trinajstić information content (AvgIpc) is 2.54. The van der Waals surface area contributed by atoms with Crippen molar-refractivity contribution in [1.82, 2.24) is 0 Å². The SMILES string of the molecule is Cc1cccc2c1C(C=O)OC(=N[C@H](C)c1ccc(Br)cc1)N2. The van der Waals surface area contributed by atoms with Gasteiger partial charge in [-0.1, -0.05) is 40.2 Å². The van der Waals surface area contributed by atoms with E-state index in [1.807, 2.05) is 56.3 Å². The minimum atomic E-state index is -0.622. The van der Waals surface area contributed by atoms with Gasteiger partial charge in [-0.25, -0.2) is 4.99 Å². The van der Waals surface area contributed by atoms with E-state index in [-0.39, 0.29) is 6.04 Å². The Balaban J connectivity index is 1.89. The Bertz CT molecular complexity index is 756. The molecule has 1 aliphatic heterocycles. The van der Waals surface area contributed by atoms with Gasteiger partial charge in [0, 0.05) is 15.7 Å². The molecule has 3 rings (SSSR count). The molecule has 1 aliphatic rings. The average molecular weight is 373 g/mol. The van der Waals surface area contributed by atoms with Crippen LogP contribution in [0.2, 0.25) is 0 Å². The monoisotopic (exact) mass is 372 g/mol. The number of aldehydes is 1. The molecule has 1 heterocycles. The maximum absolute atomic E-state index is 11.4. The maximum atomic E-state index is 11.4. The molecule has 1 unspecified atom stereocenters. The van der Waals surface area contributed by atoms with Crippen LogP contribution in [0.1, 0.15) is 35.8 Å². The molecule has 0 bridgehead atoms. The highest BCUT2D eigenvalue weighted by Crippen LogP contribution is 2.32. The summed E-state index contributed by atoms with van der Waals surface area (Å²) in [5, 5.41) is 3.17. The molecule has 0 saturated heterocycles. The lowest BCUT2D eigenvalue weighted by atomic mass is 10.0. The van der Waals surface area contributed by atoms with E-state index in [0.29, 0.717) is 6.02 Å². The molecule has 0 aromatic heterocycles. The van der Waals surface area contributed by atoms with Gasteiger partial charge >= 0.3 is 0 Å². The smallest absolute Gasteiger partial charge is 0.290 e. The number of carbonyl (C=O) groups excluding carboxylic acids is 1. The number of fused-ring (bicyclic) bond motifs is 1. The normalized spacial score (nSPS) is 19.4. The highest BCUT2D eigenvalue weighted by atomic mass is 79.9.